The van der Waals surface area contributed by atoms with E-state index in [1.54, 1.807) is 0 Å². The molecule has 0 aromatic carbocycles. The van der Waals surface area contributed by atoms with Crippen LogP contribution in [0.25, 0.3) is 0 Å². The molecule has 0 fully saturated rings. The molecule has 0 bridgehead atoms. The number of rotatable bonds is 2. The molecule has 5 heteroatoms. The van der Waals surface area contributed by atoms with Crippen molar-refractivity contribution in [1.29, 1.82) is 0 Å². The molecule has 1 rings (SSSR count). The summed E-state index contributed by atoms with van der Waals surface area (Å²) >= 11 is 0. The van der Waals surface area contributed by atoms with E-state index in [0.717, 1.165) is 26.1 Å². The number of carbonyl (C=O) groups is 1. The summed E-state index contributed by atoms with van der Waals surface area (Å²) in [5, 5.41) is 2.21. The Kier molecular flexibility index (Phi) is 2.78. The van der Waals surface area contributed by atoms with Gasteiger partial charge in [-0.15, -0.1) is 0 Å². The van der Waals surface area contributed by atoms with Gasteiger partial charge in [0.25, 0.3) is 5.91 Å². The van der Waals surface area contributed by atoms with Gasteiger partial charge >= 0.3 is 0 Å². The van der Waals surface area contributed by atoms with Crippen LogP contribution < -0.4 is 5.32 Å². The highest BCUT2D eigenvalue weighted by atomic mass is 19.1. The first-order valence-corrected chi connectivity index (χ1v) is 4.00. The molecular weight excluding hydrogens is 190 g/mol. The molecule has 0 saturated carbocycles. The molecule has 1 heterocycles. The van der Waals surface area contributed by atoms with Crippen molar-refractivity contribution in [2.75, 3.05) is 5.32 Å². The predicted molar refractivity (Wildman–Crippen MR) is 48.0 cm³/mol. The van der Waals surface area contributed by atoms with E-state index < -0.39 is 17.4 Å². The van der Waals surface area contributed by atoms with Gasteiger partial charge in [-0.1, -0.05) is 0 Å². The number of carbonyl (C=O) groups excluding carboxylic acids is 1. The number of nitrogens with zero attached hydrogens (tertiary/aromatic N) is 1. The summed E-state index contributed by atoms with van der Waals surface area (Å²) in [7, 11) is 0. The van der Waals surface area contributed by atoms with Gasteiger partial charge in [0.1, 0.15) is 5.82 Å². The normalized spacial score (nSPS) is 11.1. The zero-order valence-corrected chi connectivity index (χ0v) is 7.84. The number of halogens is 2. The van der Waals surface area contributed by atoms with E-state index in [2.05, 4.69) is 10.3 Å². The quantitative estimate of drug-likeness (QED) is 0.792. The molecule has 0 atom stereocenters. The van der Waals surface area contributed by atoms with E-state index in [4.69, 9.17) is 0 Å². The Labute approximate surface area is 80.2 Å². The summed E-state index contributed by atoms with van der Waals surface area (Å²) in [6, 6.07) is 1.07. The molecule has 0 aliphatic rings. The van der Waals surface area contributed by atoms with Gasteiger partial charge in [0.15, 0.2) is 5.67 Å². The highest BCUT2D eigenvalue weighted by Crippen LogP contribution is 2.13. The Bertz CT molecular complexity index is 347. The van der Waals surface area contributed by atoms with Crippen LogP contribution >= 0.6 is 0 Å². The lowest BCUT2D eigenvalue weighted by atomic mass is 10.1. The van der Waals surface area contributed by atoms with Crippen LogP contribution in [0.15, 0.2) is 18.5 Å². The third-order valence-electron chi connectivity index (χ3n) is 1.50. The van der Waals surface area contributed by atoms with E-state index in [0.29, 0.717) is 0 Å². The number of alkyl halides is 1. The topological polar surface area (TPSA) is 42.0 Å². The molecule has 1 amide bonds. The zero-order chi connectivity index (χ0) is 10.8. The summed E-state index contributed by atoms with van der Waals surface area (Å²) in [6.07, 6.45) is 2.24. The maximum absolute atomic E-state index is 13.0. The number of anilines is 1. The number of nitrogens with one attached hydrogen (secondary N) is 1. The van der Waals surface area contributed by atoms with Crippen molar-refractivity contribution in [2.45, 2.75) is 19.5 Å². The molecular formula is C9H10F2N2O. The van der Waals surface area contributed by atoms with Crippen molar-refractivity contribution >= 4 is 11.6 Å². The zero-order valence-electron chi connectivity index (χ0n) is 7.84. The summed E-state index contributed by atoms with van der Waals surface area (Å²) < 4.78 is 25.6. The van der Waals surface area contributed by atoms with Crippen molar-refractivity contribution in [3.63, 3.8) is 0 Å². The Morgan fingerprint density at radius 3 is 2.64 bits per heavy atom. The van der Waals surface area contributed by atoms with Gasteiger partial charge in [0.2, 0.25) is 0 Å². The lowest BCUT2D eigenvalue weighted by molar-refractivity contribution is -0.125. The first-order chi connectivity index (χ1) is 6.39. The Morgan fingerprint density at radius 2 is 2.14 bits per heavy atom. The molecule has 14 heavy (non-hydrogen) atoms. The Balaban J connectivity index is 2.75. The van der Waals surface area contributed by atoms with Gasteiger partial charge in [-0.3, -0.25) is 9.78 Å². The van der Waals surface area contributed by atoms with E-state index in [1.165, 1.54) is 6.20 Å². The number of hydrogen-bond acceptors (Lipinski definition) is 2. The Hall–Kier alpha value is -1.52. The average Bonchev–Trinajstić information content (AvgIpc) is 2.02. The minimum absolute atomic E-state index is 0.140. The summed E-state index contributed by atoms with van der Waals surface area (Å²) in [5.41, 5.74) is -1.85. The molecule has 1 aromatic rings. The molecule has 3 nitrogen and oxygen atoms in total. The lowest BCUT2D eigenvalue weighted by Crippen LogP contribution is -2.32. The fourth-order valence-corrected chi connectivity index (χ4v) is 0.760. The largest absolute Gasteiger partial charge is 0.322 e. The third-order valence-corrected chi connectivity index (χ3v) is 1.50. The van der Waals surface area contributed by atoms with Crippen LogP contribution in [0, 0.1) is 5.82 Å². The summed E-state index contributed by atoms with van der Waals surface area (Å²) in [6.45, 7) is 2.24. The van der Waals surface area contributed by atoms with Crippen LogP contribution in [0.3, 0.4) is 0 Å². The standard InChI is InChI=1S/C9H10F2N2O/c1-9(2,11)8(14)13-7-3-6(10)4-12-5-7/h3-5H,1-2H3,(H,13,14). The second-order valence-electron chi connectivity index (χ2n) is 3.32. The molecule has 0 aliphatic carbocycles. The maximum Gasteiger partial charge on any atom is 0.261 e. The fourth-order valence-electron chi connectivity index (χ4n) is 0.760. The van der Waals surface area contributed by atoms with Gasteiger partial charge in [-0.2, -0.15) is 0 Å². The molecule has 0 aliphatic heterocycles. The SMILES string of the molecule is CC(C)(F)C(=O)Nc1cncc(F)c1. The second-order valence-corrected chi connectivity index (χ2v) is 3.32. The highest BCUT2D eigenvalue weighted by Gasteiger charge is 2.26. The molecule has 0 spiro atoms. The number of pyridine rings is 1. The third kappa shape index (κ3) is 2.76. The molecule has 0 radical (unpaired) electrons. The van der Waals surface area contributed by atoms with Gasteiger partial charge in [-0.25, -0.2) is 8.78 Å². The van der Waals surface area contributed by atoms with Crippen LogP contribution in [0.4, 0.5) is 14.5 Å². The van der Waals surface area contributed by atoms with Gasteiger partial charge < -0.3 is 5.32 Å². The molecule has 0 unspecified atom stereocenters. The number of aromatic nitrogens is 1. The van der Waals surface area contributed by atoms with Crippen molar-refractivity contribution in [1.82, 2.24) is 4.98 Å². The monoisotopic (exact) mass is 200 g/mol. The average molecular weight is 200 g/mol. The van der Waals surface area contributed by atoms with Crippen LogP contribution in [0.2, 0.25) is 0 Å². The van der Waals surface area contributed by atoms with Gasteiger partial charge in [0.05, 0.1) is 18.1 Å². The van der Waals surface area contributed by atoms with Crippen LogP contribution in [0.5, 0.6) is 0 Å². The molecule has 76 valence electrons. The first-order valence-electron chi connectivity index (χ1n) is 4.00. The fraction of sp³-hybridized carbons (Fsp3) is 0.333. The van der Waals surface area contributed by atoms with Crippen molar-refractivity contribution in [3.8, 4) is 0 Å². The van der Waals surface area contributed by atoms with Crippen molar-refractivity contribution in [3.05, 3.63) is 24.3 Å². The first kappa shape index (κ1) is 10.6. The van der Waals surface area contributed by atoms with E-state index in [1.807, 2.05) is 0 Å². The van der Waals surface area contributed by atoms with Crippen LogP contribution in [-0.2, 0) is 4.79 Å². The molecule has 1 aromatic heterocycles. The van der Waals surface area contributed by atoms with Crippen molar-refractivity contribution < 1.29 is 13.6 Å². The Morgan fingerprint density at radius 1 is 1.50 bits per heavy atom. The predicted octanol–water partition coefficient (Wildman–Crippen LogP) is 1.91. The molecule has 0 saturated heterocycles. The van der Waals surface area contributed by atoms with Crippen LogP contribution in [-0.4, -0.2) is 16.6 Å². The van der Waals surface area contributed by atoms with Gasteiger partial charge in [0, 0.05) is 6.07 Å². The highest BCUT2D eigenvalue weighted by molar-refractivity contribution is 5.96. The minimum atomic E-state index is -1.99. The smallest absolute Gasteiger partial charge is 0.261 e. The minimum Gasteiger partial charge on any atom is -0.322 e. The maximum atomic E-state index is 13.0. The summed E-state index contributed by atoms with van der Waals surface area (Å²) in [4.78, 5) is 14.6. The van der Waals surface area contributed by atoms with Crippen LogP contribution in [0.1, 0.15) is 13.8 Å². The summed E-state index contributed by atoms with van der Waals surface area (Å²) in [5.74, 6) is -1.41. The van der Waals surface area contributed by atoms with Crippen molar-refractivity contribution in [2.24, 2.45) is 0 Å². The van der Waals surface area contributed by atoms with E-state index >= 15 is 0 Å². The number of amides is 1. The lowest BCUT2D eigenvalue weighted by Gasteiger charge is -2.13. The second kappa shape index (κ2) is 3.69. The molecule has 1 N–H and O–H groups in total. The van der Waals surface area contributed by atoms with E-state index in [9.17, 15) is 13.6 Å². The number of hydrogen-bond donors (Lipinski definition) is 1. The van der Waals surface area contributed by atoms with E-state index in [-0.39, 0.29) is 5.69 Å². The van der Waals surface area contributed by atoms with Gasteiger partial charge in [-0.05, 0) is 13.8 Å².